The molecule has 0 radical (unpaired) electrons. The van der Waals surface area contributed by atoms with Gasteiger partial charge >= 0.3 is 5.97 Å². The maximum Gasteiger partial charge on any atom is 0.349 e. The van der Waals surface area contributed by atoms with Crippen LogP contribution in [-0.2, 0) is 9.53 Å². The van der Waals surface area contributed by atoms with E-state index in [-0.39, 0.29) is 4.88 Å². The summed E-state index contributed by atoms with van der Waals surface area (Å²) in [5.41, 5.74) is 0.565. The summed E-state index contributed by atoms with van der Waals surface area (Å²) in [7, 11) is 0. The van der Waals surface area contributed by atoms with Crippen molar-refractivity contribution in [3.63, 3.8) is 0 Å². The molecule has 140 valence electrons. The summed E-state index contributed by atoms with van der Waals surface area (Å²) in [6.07, 6.45) is -1.00. The summed E-state index contributed by atoms with van der Waals surface area (Å²) in [4.78, 5) is 24.8. The zero-order chi connectivity index (χ0) is 19.4. The van der Waals surface area contributed by atoms with Gasteiger partial charge in [-0.15, -0.1) is 11.3 Å². The molecule has 0 bridgehead atoms. The summed E-state index contributed by atoms with van der Waals surface area (Å²) in [6, 6.07) is 12.9. The van der Waals surface area contributed by atoms with Crippen LogP contribution in [0.1, 0.15) is 23.5 Å². The van der Waals surface area contributed by atoms with Crippen molar-refractivity contribution in [2.75, 3.05) is 11.9 Å². The highest BCUT2D eigenvalue weighted by Crippen LogP contribution is 2.28. The van der Waals surface area contributed by atoms with Crippen molar-refractivity contribution in [3.05, 3.63) is 59.2 Å². The predicted molar refractivity (Wildman–Crippen MR) is 103 cm³/mol. The van der Waals surface area contributed by atoms with Crippen molar-refractivity contribution < 1.29 is 23.5 Å². The average molecular weight is 387 g/mol. The van der Waals surface area contributed by atoms with Gasteiger partial charge in [0.25, 0.3) is 5.91 Å². The van der Waals surface area contributed by atoms with Gasteiger partial charge < -0.3 is 14.8 Å². The Balaban J connectivity index is 1.62. The molecule has 0 spiro atoms. The van der Waals surface area contributed by atoms with E-state index in [0.717, 1.165) is 11.3 Å². The Hall–Kier alpha value is -2.93. The fourth-order valence-corrected chi connectivity index (χ4v) is 3.40. The van der Waals surface area contributed by atoms with Crippen LogP contribution >= 0.6 is 11.3 Å². The van der Waals surface area contributed by atoms with E-state index >= 15 is 0 Å². The summed E-state index contributed by atoms with van der Waals surface area (Å²) < 4.78 is 25.0. The Morgan fingerprint density at radius 2 is 1.93 bits per heavy atom. The van der Waals surface area contributed by atoms with Gasteiger partial charge in [0.05, 0.1) is 6.61 Å². The summed E-state index contributed by atoms with van der Waals surface area (Å²) >= 11 is 1.12. The van der Waals surface area contributed by atoms with E-state index in [0.29, 0.717) is 28.1 Å². The minimum absolute atomic E-state index is 0.246. The first-order chi connectivity index (χ1) is 13.0. The molecule has 0 unspecified atom stereocenters. The van der Waals surface area contributed by atoms with Gasteiger partial charge in [0.1, 0.15) is 16.4 Å². The monoisotopic (exact) mass is 387 g/mol. The van der Waals surface area contributed by atoms with Crippen molar-refractivity contribution in [1.29, 1.82) is 0 Å². The van der Waals surface area contributed by atoms with Gasteiger partial charge in [-0.05, 0) is 56.3 Å². The van der Waals surface area contributed by atoms with Crippen LogP contribution < -0.4 is 10.1 Å². The van der Waals surface area contributed by atoms with E-state index in [1.54, 1.807) is 36.4 Å². The number of fused-ring (bicyclic) bond motifs is 1. The van der Waals surface area contributed by atoms with Crippen LogP contribution in [0.15, 0.2) is 48.5 Å². The van der Waals surface area contributed by atoms with Gasteiger partial charge in [0.15, 0.2) is 6.10 Å². The number of amides is 1. The third-order valence-corrected chi connectivity index (χ3v) is 4.88. The number of hydrogen-bond acceptors (Lipinski definition) is 5. The molecule has 7 heteroatoms. The van der Waals surface area contributed by atoms with Crippen LogP contribution in [0.5, 0.6) is 5.75 Å². The lowest BCUT2D eigenvalue weighted by Crippen LogP contribution is -2.29. The number of hydrogen-bond donors (Lipinski definition) is 1. The minimum Gasteiger partial charge on any atom is -0.494 e. The lowest BCUT2D eigenvalue weighted by Gasteiger charge is -2.13. The summed E-state index contributed by atoms with van der Waals surface area (Å²) in [5, 5.41) is 3.04. The molecular formula is C20H18FNO4S. The SMILES string of the molecule is CCOc1ccc(NC(=O)[C@@H](C)OC(=O)c2cc3c(F)cccc3s2)cc1. The third kappa shape index (κ3) is 4.43. The van der Waals surface area contributed by atoms with E-state index < -0.39 is 23.8 Å². The van der Waals surface area contributed by atoms with E-state index in [1.807, 2.05) is 6.92 Å². The zero-order valence-corrected chi connectivity index (χ0v) is 15.6. The second-order valence-electron chi connectivity index (χ2n) is 5.76. The molecule has 1 amide bonds. The van der Waals surface area contributed by atoms with Gasteiger partial charge in [0.2, 0.25) is 0 Å². The van der Waals surface area contributed by atoms with Crippen LogP contribution in [0.2, 0.25) is 0 Å². The van der Waals surface area contributed by atoms with E-state index in [9.17, 15) is 14.0 Å². The fourth-order valence-electron chi connectivity index (χ4n) is 2.44. The number of rotatable bonds is 6. The van der Waals surface area contributed by atoms with Gasteiger partial charge in [-0.2, -0.15) is 0 Å². The number of nitrogens with one attached hydrogen (secondary N) is 1. The number of carbonyl (C=O) groups is 2. The number of carbonyl (C=O) groups excluding carboxylic acids is 2. The number of esters is 1. The molecular weight excluding hydrogens is 369 g/mol. The third-order valence-electron chi connectivity index (χ3n) is 3.80. The maximum absolute atomic E-state index is 13.8. The second kappa shape index (κ2) is 8.18. The van der Waals surface area contributed by atoms with E-state index in [2.05, 4.69) is 5.32 Å². The van der Waals surface area contributed by atoms with Crippen molar-refractivity contribution in [2.45, 2.75) is 20.0 Å². The number of benzene rings is 2. The van der Waals surface area contributed by atoms with Gasteiger partial charge in [-0.3, -0.25) is 4.79 Å². The van der Waals surface area contributed by atoms with E-state index in [4.69, 9.17) is 9.47 Å². The Kier molecular flexibility index (Phi) is 5.71. The molecule has 0 saturated carbocycles. The van der Waals surface area contributed by atoms with Crippen LogP contribution in [0.4, 0.5) is 10.1 Å². The minimum atomic E-state index is -1.00. The average Bonchev–Trinajstić information content (AvgIpc) is 3.09. The van der Waals surface area contributed by atoms with Crippen molar-refractivity contribution in [3.8, 4) is 5.75 Å². The predicted octanol–water partition coefficient (Wildman–Crippen LogP) is 4.62. The first kappa shape index (κ1) is 18.8. The first-order valence-electron chi connectivity index (χ1n) is 8.40. The maximum atomic E-state index is 13.8. The second-order valence-corrected chi connectivity index (χ2v) is 6.84. The lowest BCUT2D eigenvalue weighted by molar-refractivity contribution is -0.123. The quantitative estimate of drug-likeness (QED) is 0.627. The molecule has 1 heterocycles. The molecule has 1 aromatic heterocycles. The Morgan fingerprint density at radius 3 is 2.59 bits per heavy atom. The standard InChI is InChI=1S/C20H18FNO4S/c1-3-25-14-9-7-13(8-10-14)22-19(23)12(2)26-20(24)18-11-15-16(21)5-4-6-17(15)27-18/h4-12H,3H2,1-2H3,(H,22,23)/t12-/m1/s1. The molecule has 5 nitrogen and oxygen atoms in total. The zero-order valence-electron chi connectivity index (χ0n) is 14.8. The van der Waals surface area contributed by atoms with Gasteiger partial charge in [-0.25, -0.2) is 9.18 Å². The number of anilines is 1. The van der Waals surface area contributed by atoms with Crippen LogP contribution in [-0.4, -0.2) is 24.6 Å². The topological polar surface area (TPSA) is 64.6 Å². The molecule has 0 aliphatic heterocycles. The van der Waals surface area contributed by atoms with Crippen LogP contribution in [0.3, 0.4) is 0 Å². The largest absolute Gasteiger partial charge is 0.494 e. The lowest BCUT2D eigenvalue weighted by atomic mass is 10.2. The van der Waals surface area contributed by atoms with Crippen LogP contribution in [0, 0.1) is 5.82 Å². The normalized spacial score (nSPS) is 11.8. The molecule has 0 fully saturated rings. The van der Waals surface area contributed by atoms with Crippen molar-refractivity contribution in [1.82, 2.24) is 0 Å². The molecule has 0 aliphatic carbocycles. The number of halogens is 1. The molecule has 0 saturated heterocycles. The molecule has 3 aromatic rings. The fraction of sp³-hybridized carbons (Fsp3) is 0.200. The Bertz CT molecular complexity index is 968. The van der Waals surface area contributed by atoms with Crippen LogP contribution in [0.25, 0.3) is 10.1 Å². The highest BCUT2D eigenvalue weighted by molar-refractivity contribution is 7.20. The number of ether oxygens (including phenoxy) is 2. The molecule has 2 aromatic carbocycles. The highest BCUT2D eigenvalue weighted by Gasteiger charge is 2.21. The Labute approximate surface area is 159 Å². The molecule has 0 aliphatic rings. The van der Waals surface area contributed by atoms with E-state index in [1.165, 1.54) is 19.1 Å². The molecule has 1 N–H and O–H groups in total. The van der Waals surface area contributed by atoms with Gasteiger partial charge in [0, 0.05) is 15.8 Å². The van der Waals surface area contributed by atoms with Crippen molar-refractivity contribution >= 4 is 39.0 Å². The van der Waals surface area contributed by atoms with Gasteiger partial charge in [-0.1, -0.05) is 6.07 Å². The smallest absolute Gasteiger partial charge is 0.349 e. The molecule has 3 rings (SSSR count). The summed E-state index contributed by atoms with van der Waals surface area (Å²) in [6.45, 7) is 3.92. The summed E-state index contributed by atoms with van der Waals surface area (Å²) in [5.74, 6) is -0.819. The Morgan fingerprint density at radius 1 is 1.19 bits per heavy atom. The molecule has 27 heavy (non-hydrogen) atoms. The van der Waals surface area contributed by atoms with Crippen molar-refractivity contribution in [2.24, 2.45) is 0 Å². The number of thiophene rings is 1. The highest BCUT2D eigenvalue weighted by atomic mass is 32.1. The molecule has 1 atom stereocenters. The first-order valence-corrected chi connectivity index (χ1v) is 9.22.